The summed E-state index contributed by atoms with van der Waals surface area (Å²) in [4.78, 5) is 10.6. The molecule has 0 saturated heterocycles. The molecule has 3 rings (SSSR count). The lowest BCUT2D eigenvalue weighted by Crippen LogP contribution is -2.39. The molecule has 5 nitrogen and oxygen atoms in total. The highest BCUT2D eigenvalue weighted by Crippen LogP contribution is 2.28. The van der Waals surface area contributed by atoms with Gasteiger partial charge >= 0.3 is 0 Å². The second-order valence-electron chi connectivity index (χ2n) is 6.76. The van der Waals surface area contributed by atoms with E-state index >= 15 is 0 Å². The topological polar surface area (TPSA) is 69.5 Å². The van der Waals surface area contributed by atoms with Crippen LogP contribution in [0.5, 0.6) is 0 Å². The Balaban J connectivity index is 1.67. The van der Waals surface area contributed by atoms with E-state index in [1.54, 1.807) is 11.3 Å². The number of aromatic nitrogens is 1. The van der Waals surface area contributed by atoms with Gasteiger partial charge in [0.15, 0.2) is 5.96 Å². The summed E-state index contributed by atoms with van der Waals surface area (Å²) in [7, 11) is 0. The molecule has 0 bridgehead atoms. The summed E-state index contributed by atoms with van der Waals surface area (Å²) in [5, 5.41) is 17.4. The minimum Gasteiger partial charge on any atom is -0.396 e. The SMILES string of the molecule is CCNC(=NCc1sc(-c2ccccc2)nc1C)NCC(CO)c1ccccc1. The third-order valence-electron chi connectivity index (χ3n) is 4.65. The number of hydrogen-bond donors (Lipinski definition) is 3. The van der Waals surface area contributed by atoms with Gasteiger partial charge < -0.3 is 15.7 Å². The summed E-state index contributed by atoms with van der Waals surface area (Å²) in [6.45, 7) is 6.13. The van der Waals surface area contributed by atoms with Gasteiger partial charge in [0.2, 0.25) is 0 Å². The molecule has 152 valence electrons. The maximum Gasteiger partial charge on any atom is 0.191 e. The van der Waals surface area contributed by atoms with Crippen molar-refractivity contribution in [3.05, 3.63) is 76.8 Å². The van der Waals surface area contributed by atoms with Crippen LogP contribution < -0.4 is 10.6 Å². The van der Waals surface area contributed by atoms with Crippen LogP contribution in [0.2, 0.25) is 0 Å². The predicted octanol–water partition coefficient (Wildman–Crippen LogP) is 3.95. The van der Waals surface area contributed by atoms with Gasteiger partial charge in [-0.3, -0.25) is 0 Å². The van der Waals surface area contributed by atoms with E-state index in [0.717, 1.165) is 39.2 Å². The van der Waals surface area contributed by atoms with Gasteiger partial charge in [0, 0.05) is 29.4 Å². The molecule has 0 aliphatic rings. The number of aliphatic hydroxyl groups is 1. The van der Waals surface area contributed by atoms with E-state index < -0.39 is 0 Å². The van der Waals surface area contributed by atoms with Gasteiger partial charge in [0.05, 0.1) is 18.8 Å². The van der Waals surface area contributed by atoms with E-state index in [-0.39, 0.29) is 12.5 Å². The van der Waals surface area contributed by atoms with Crippen LogP contribution in [0, 0.1) is 6.92 Å². The first-order chi connectivity index (χ1) is 14.2. The molecule has 6 heteroatoms. The van der Waals surface area contributed by atoms with E-state index in [2.05, 4.69) is 22.8 Å². The molecule has 0 fully saturated rings. The molecular formula is C23H28N4OS. The number of guanidine groups is 1. The Bertz CT molecular complexity index is 909. The summed E-state index contributed by atoms with van der Waals surface area (Å²) in [6, 6.07) is 20.3. The molecule has 2 aromatic carbocycles. The Kier molecular flexibility index (Phi) is 7.78. The number of aliphatic hydroxyl groups excluding tert-OH is 1. The van der Waals surface area contributed by atoms with Crippen molar-refractivity contribution in [1.29, 1.82) is 0 Å². The van der Waals surface area contributed by atoms with Gasteiger partial charge in [0.1, 0.15) is 5.01 Å². The molecule has 0 aliphatic heterocycles. The van der Waals surface area contributed by atoms with E-state index in [4.69, 9.17) is 9.98 Å². The van der Waals surface area contributed by atoms with Crippen LogP contribution in [0.3, 0.4) is 0 Å². The van der Waals surface area contributed by atoms with Gasteiger partial charge in [0.25, 0.3) is 0 Å². The summed E-state index contributed by atoms with van der Waals surface area (Å²) in [6.07, 6.45) is 0. The molecule has 1 aromatic heterocycles. The summed E-state index contributed by atoms with van der Waals surface area (Å²) in [5.41, 5.74) is 3.27. The van der Waals surface area contributed by atoms with Crippen LogP contribution in [0.1, 0.15) is 29.0 Å². The minimum absolute atomic E-state index is 0.0230. The van der Waals surface area contributed by atoms with Crippen LogP contribution >= 0.6 is 11.3 Å². The molecule has 1 heterocycles. The van der Waals surface area contributed by atoms with E-state index in [0.29, 0.717) is 13.1 Å². The van der Waals surface area contributed by atoms with Gasteiger partial charge in [-0.25, -0.2) is 9.98 Å². The lowest BCUT2D eigenvalue weighted by atomic mass is 10.0. The molecule has 0 saturated carbocycles. The quantitative estimate of drug-likeness (QED) is 0.390. The van der Waals surface area contributed by atoms with Gasteiger partial charge in [-0.1, -0.05) is 60.7 Å². The Morgan fingerprint density at radius 2 is 1.76 bits per heavy atom. The summed E-state index contributed by atoms with van der Waals surface area (Å²) < 4.78 is 0. The van der Waals surface area contributed by atoms with Crippen LogP contribution in [0.15, 0.2) is 65.7 Å². The number of benzene rings is 2. The second-order valence-corrected chi connectivity index (χ2v) is 7.84. The number of hydrogen-bond acceptors (Lipinski definition) is 4. The lowest BCUT2D eigenvalue weighted by molar-refractivity contribution is 0.265. The van der Waals surface area contributed by atoms with Gasteiger partial charge in [-0.2, -0.15) is 0 Å². The Hall–Kier alpha value is -2.70. The third-order valence-corrected chi connectivity index (χ3v) is 5.84. The molecule has 3 N–H and O–H groups in total. The Morgan fingerprint density at radius 3 is 2.41 bits per heavy atom. The standard InChI is InChI=1S/C23H28N4OS/c1-3-24-23(25-14-20(16-28)18-10-6-4-7-11-18)26-15-21-17(2)27-22(29-21)19-12-8-5-9-13-19/h4-13,20,28H,3,14-16H2,1-2H3,(H2,24,25,26). The molecule has 29 heavy (non-hydrogen) atoms. The van der Waals surface area contributed by atoms with Crippen molar-refractivity contribution in [3.8, 4) is 10.6 Å². The average molecular weight is 409 g/mol. The van der Waals surface area contributed by atoms with Crippen molar-refractivity contribution in [3.63, 3.8) is 0 Å². The zero-order chi connectivity index (χ0) is 20.5. The zero-order valence-corrected chi connectivity index (χ0v) is 17.7. The fourth-order valence-electron chi connectivity index (χ4n) is 3.00. The highest BCUT2D eigenvalue weighted by molar-refractivity contribution is 7.15. The van der Waals surface area contributed by atoms with Crippen LogP contribution in [-0.4, -0.2) is 35.7 Å². The summed E-state index contributed by atoms with van der Waals surface area (Å²) in [5.74, 6) is 0.769. The molecule has 0 amide bonds. The highest BCUT2D eigenvalue weighted by atomic mass is 32.1. The normalized spacial score (nSPS) is 12.6. The van der Waals surface area contributed by atoms with Crippen molar-refractivity contribution in [2.75, 3.05) is 19.7 Å². The fraction of sp³-hybridized carbons (Fsp3) is 0.304. The second kappa shape index (κ2) is 10.7. The lowest BCUT2D eigenvalue weighted by Gasteiger charge is -2.18. The minimum atomic E-state index is 0.0230. The maximum atomic E-state index is 9.77. The number of thiazole rings is 1. The average Bonchev–Trinajstić information content (AvgIpc) is 3.14. The molecule has 1 unspecified atom stereocenters. The molecule has 0 spiro atoms. The molecule has 0 aliphatic carbocycles. The van der Waals surface area contributed by atoms with Crippen LogP contribution in [0.25, 0.3) is 10.6 Å². The van der Waals surface area contributed by atoms with Crippen molar-refractivity contribution in [1.82, 2.24) is 15.6 Å². The number of aryl methyl sites for hydroxylation is 1. The molecule has 3 aromatic rings. The van der Waals surface area contributed by atoms with Gasteiger partial charge in [-0.15, -0.1) is 11.3 Å². The number of rotatable bonds is 8. The first kappa shape index (κ1) is 21.0. The maximum absolute atomic E-state index is 9.77. The number of nitrogens with zero attached hydrogens (tertiary/aromatic N) is 2. The first-order valence-electron chi connectivity index (χ1n) is 9.91. The third kappa shape index (κ3) is 5.89. The zero-order valence-electron chi connectivity index (χ0n) is 16.9. The van der Waals surface area contributed by atoms with Crippen LogP contribution in [0.4, 0.5) is 0 Å². The van der Waals surface area contributed by atoms with Gasteiger partial charge in [-0.05, 0) is 19.4 Å². The van der Waals surface area contributed by atoms with Crippen molar-refractivity contribution in [2.24, 2.45) is 4.99 Å². The smallest absolute Gasteiger partial charge is 0.191 e. The fourth-order valence-corrected chi connectivity index (χ4v) is 4.00. The number of nitrogens with one attached hydrogen (secondary N) is 2. The largest absolute Gasteiger partial charge is 0.396 e. The Morgan fingerprint density at radius 1 is 1.07 bits per heavy atom. The van der Waals surface area contributed by atoms with Crippen molar-refractivity contribution >= 4 is 17.3 Å². The molecular weight excluding hydrogens is 380 g/mol. The first-order valence-corrected chi connectivity index (χ1v) is 10.7. The van der Waals surface area contributed by atoms with Crippen molar-refractivity contribution in [2.45, 2.75) is 26.3 Å². The molecule has 0 radical (unpaired) electrons. The van der Waals surface area contributed by atoms with Crippen LogP contribution in [-0.2, 0) is 6.54 Å². The number of aliphatic imine (C=N–C) groups is 1. The van der Waals surface area contributed by atoms with Crippen molar-refractivity contribution < 1.29 is 5.11 Å². The molecule has 1 atom stereocenters. The highest BCUT2D eigenvalue weighted by Gasteiger charge is 2.12. The summed E-state index contributed by atoms with van der Waals surface area (Å²) >= 11 is 1.68. The Labute approximate surface area is 176 Å². The monoisotopic (exact) mass is 408 g/mol. The predicted molar refractivity (Wildman–Crippen MR) is 121 cm³/mol. The van der Waals surface area contributed by atoms with E-state index in [1.807, 2.05) is 62.4 Å². The van der Waals surface area contributed by atoms with E-state index in [9.17, 15) is 5.11 Å². The van der Waals surface area contributed by atoms with E-state index in [1.165, 1.54) is 0 Å².